The molecule has 96 valence electrons. The molecule has 0 aromatic heterocycles. The summed E-state index contributed by atoms with van der Waals surface area (Å²) in [6.45, 7) is 2.72. The monoisotopic (exact) mass is 247 g/mol. The molecule has 0 radical (unpaired) electrons. The van der Waals surface area contributed by atoms with E-state index in [0.29, 0.717) is 12.4 Å². The number of hydrogen-bond acceptors (Lipinski definition) is 4. The van der Waals surface area contributed by atoms with Gasteiger partial charge in [0, 0.05) is 5.75 Å². The molecule has 1 atom stereocenters. The highest BCUT2D eigenvalue weighted by Gasteiger charge is 2.13. The van der Waals surface area contributed by atoms with E-state index in [2.05, 4.69) is 6.92 Å². The molecule has 0 aliphatic heterocycles. The van der Waals surface area contributed by atoms with Crippen LogP contribution >= 0.6 is 11.8 Å². The third-order valence-corrected chi connectivity index (χ3v) is 3.08. The first kappa shape index (κ1) is 15.8. The van der Waals surface area contributed by atoms with Crippen LogP contribution in [0.4, 0.5) is 0 Å². The molecule has 16 heavy (non-hydrogen) atoms. The Kier molecular flexibility index (Phi) is 11.1. The van der Waals surface area contributed by atoms with Crippen molar-refractivity contribution in [1.82, 2.24) is 0 Å². The van der Waals surface area contributed by atoms with Crippen LogP contribution in [0.1, 0.15) is 45.4 Å². The molecule has 2 N–H and O–H groups in total. The second-order valence-corrected chi connectivity index (χ2v) is 4.91. The van der Waals surface area contributed by atoms with Crippen molar-refractivity contribution in [3.63, 3.8) is 0 Å². The second-order valence-electron chi connectivity index (χ2n) is 4.00. The maximum absolute atomic E-state index is 11.3. The van der Waals surface area contributed by atoms with E-state index in [1.54, 1.807) is 11.8 Å². The number of nitrogens with two attached hydrogens (primary N) is 1. The summed E-state index contributed by atoms with van der Waals surface area (Å²) in [6, 6.07) is -0.463. The summed E-state index contributed by atoms with van der Waals surface area (Å²) in [5.74, 6) is 0.373. The minimum atomic E-state index is -0.463. The highest BCUT2D eigenvalue weighted by Crippen LogP contribution is 2.05. The third kappa shape index (κ3) is 9.04. The number of carbonyl (C=O) groups excluding carboxylic acids is 1. The van der Waals surface area contributed by atoms with Crippen LogP contribution in [0.2, 0.25) is 0 Å². The van der Waals surface area contributed by atoms with E-state index in [4.69, 9.17) is 10.5 Å². The van der Waals surface area contributed by atoms with Crippen molar-refractivity contribution in [2.45, 2.75) is 51.5 Å². The lowest BCUT2D eigenvalue weighted by Crippen LogP contribution is -2.34. The van der Waals surface area contributed by atoms with E-state index >= 15 is 0 Å². The van der Waals surface area contributed by atoms with Gasteiger partial charge in [0.1, 0.15) is 6.04 Å². The topological polar surface area (TPSA) is 52.3 Å². The largest absolute Gasteiger partial charge is 0.465 e. The quantitative estimate of drug-likeness (QED) is 0.476. The Balaban J connectivity index is 3.27. The molecule has 0 aliphatic rings. The molecule has 4 heteroatoms. The molecule has 0 unspecified atom stereocenters. The van der Waals surface area contributed by atoms with Gasteiger partial charge in [0.2, 0.25) is 0 Å². The lowest BCUT2D eigenvalue weighted by atomic mass is 10.1. The molecule has 0 heterocycles. The van der Waals surface area contributed by atoms with E-state index < -0.39 is 6.04 Å². The molecule has 0 aromatic rings. The van der Waals surface area contributed by atoms with Gasteiger partial charge in [0.25, 0.3) is 0 Å². The van der Waals surface area contributed by atoms with Crippen LogP contribution in [0, 0.1) is 0 Å². The minimum Gasteiger partial charge on any atom is -0.465 e. The van der Waals surface area contributed by atoms with Gasteiger partial charge in [-0.15, -0.1) is 0 Å². The molecule has 0 saturated carbocycles. The normalized spacial score (nSPS) is 12.4. The lowest BCUT2D eigenvalue weighted by Gasteiger charge is -2.09. The molecule has 0 amide bonds. The minimum absolute atomic E-state index is 0.261. The van der Waals surface area contributed by atoms with E-state index in [-0.39, 0.29) is 5.97 Å². The first-order chi connectivity index (χ1) is 7.72. The van der Waals surface area contributed by atoms with E-state index in [9.17, 15) is 4.79 Å². The highest BCUT2D eigenvalue weighted by atomic mass is 32.2. The van der Waals surface area contributed by atoms with Crippen LogP contribution in [0.3, 0.4) is 0 Å². The Hall–Kier alpha value is -0.220. The Morgan fingerprint density at radius 1 is 1.25 bits per heavy atom. The summed E-state index contributed by atoms with van der Waals surface area (Å²) in [5.41, 5.74) is 5.61. The molecule has 0 bridgehead atoms. The number of unbranched alkanes of at least 4 members (excludes halogenated alkanes) is 5. The third-order valence-electron chi connectivity index (χ3n) is 2.39. The Morgan fingerprint density at radius 3 is 2.50 bits per heavy atom. The Morgan fingerprint density at radius 2 is 1.88 bits per heavy atom. The summed E-state index contributed by atoms with van der Waals surface area (Å²) < 4.78 is 5.09. The van der Waals surface area contributed by atoms with E-state index in [1.165, 1.54) is 25.7 Å². The van der Waals surface area contributed by atoms with Gasteiger partial charge in [-0.2, -0.15) is 11.8 Å². The lowest BCUT2D eigenvalue weighted by molar-refractivity contribution is -0.144. The zero-order chi connectivity index (χ0) is 12.2. The molecule has 0 aliphatic carbocycles. The van der Waals surface area contributed by atoms with Gasteiger partial charge in [-0.25, -0.2) is 0 Å². The van der Waals surface area contributed by atoms with Crippen molar-refractivity contribution in [2.75, 3.05) is 18.6 Å². The Bertz CT molecular complexity index is 176. The van der Waals surface area contributed by atoms with Crippen molar-refractivity contribution in [3.8, 4) is 0 Å². The SMILES string of the molecule is CCCCCCCCOC(=O)[C@@H](N)CSC. The van der Waals surface area contributed by atoms with Gasteiger partial charge in [0.15, 0.2) is 0 Å². The summed E-state index contributed by atoms with van der Waals surface area (Å²) in [6.07, 6.45) is 9.13. The molecular formula is C12H25NO2S. The zero-order valence-electron chi connectivity index (χ0n) is 10.5. The standard InChI is InChI=1S/C12H25NO2S/c1-3-4-5-6-7-8-9-15-12(14)11(13)10-16-2/h11H,3-10,13H2,1-2H3/t11-/m0/s1. The van der Waals surface area contributed by atoms with Crippen LogP contribution in [0.15, 0.2) is 0 Å². The summed E-state index contributed by atoms with van der Waals surface area (Å²) in [4.78, 5) is 11.3. The van der Waals surface area contributed by atoms with Gasteiger partial charge in [-0.1, -0.05) is 39.0 Å². The fourth-order valence-corrected chi connectivity index (χ4v) is 1.90. The van der Waals surface area contributed by atoms with Crippen molar-refractivity contribution < 1.29 is 9.53 Å². The number of esters is 1. The smallest absolute Gasteiger partial charge is 0.323 e. The van der Waals surface area contributed by atoms with Gasteiger partial charge >= 0.3 is 5.97 Å². The van der Waals surface area contributed by atoms with Gasteiger partial charge in [-0.05, 0) is 12.7 Å². The molecule has 0 aromatic carbocycles. The molecule has 0 rings (SSSR count). The zero-order valence-corrected chi connectivity index (χ0v) is 11.4. The fourth-order valence-electron chi connectivity index (χ4n) is 1.41. The van der Waals surface area contributed by atoms with E-state index in [1.807, 2.05) is 6.26 Å². The fraction of sp³-hybridized carbons (Fsp3) is 0.917. The summed E-state index contributed by atoms with van der Waals surface area (Å²) in [5, 5.41) is 0. The molecule has 0 spiro atoms. The van der Waals surface area contributed by atoms with Crippen molar-refractivity contribution in [1.29, 1.82) is 0 Å². The summed E-state index contributed by atoms with van der Waals surface area (Å²) in [7, 11) is 0. The van der Waals surface area contributed by atoms with Crippen LogP contribution < -0.4 is 5.73 Å². The predicted molar refractivity (Wildman–Crippen MR) is 70.7 cm³/mol. The van der Waals surface area contributed by atoms with E-state index in [0.717, 1.165) is 12.8 Å². The van der Waals surface area contributed by atoms with Gasteiger partial charge in [0.05, 0.1) is 6.61 Å². The highest BCUT2D eigenvalue weighted by molar-refractivity contribution is 7.98. The molecule has 0 saturated heterocycles. The number of thioether (sulfide) groups is 1. The van der Waals surface area contributed by atoms with Crippen molar-refractivity contribution in [2.24, 2.45) is 5.73 Å². The van der Waals surface area contributed by atoms with Gasteiger partial charge < -0.3 is 10.5 Å². The average molecular weight is 247 g/mol. The maximum atomic E-state index is 11.3. The van der Waals surface area contributed by atoms with Crippen molar-refractivity contribution in [3.05, 3.63) is 0 Å². The molecule has 3 nitrogen and oxygen atoms in total. The van der Waals surface area contributed by atoms with Crippen LogP contribution in [0.25, 0.3) is 0 Å². The number of hydrogen-bond donors (Lipinski definition) is 1. The van der Waals surface area contributed by atoms with Crippen LogP contribution in [0.5, 0.6) is 0 Å². The first-order valence-electron chi connectivity index (χ1n) is 6.13. The van der Waals surface area contributed by atoms with Crippen LogP contribution in [-0.2, 0) is 9.53 Å². The summed E-state index contributed by atoms with van der Waals surface area (Å²) >= 11 is 1.57. The number of ether oxygens (including phenoxy) is 1. The maximum Gasteiger partial charge on any atom is 0.323 e. The Labute approximate surface area is 103 Å². The van der Waals surface area contributed by atoms with Crippen molar-refractivity contribution >= 4 is 17.7 Å². The van der Waals surface area contributed by atoms with Gasteiger partial charge in [-0.3, -0.25) is 4.79 Å². The predicted octanol–water partition coefficient (Wildman–Crippen LogP) is 2.58. The molecule has 0 fully saturated rings. The first-order valence-corrected chi connectivity index (χ1v) is 7.53. The van der Waals surface area contributed by atoms with Crippen LogP contribution in [-0.4, -0.2) is 30.6 Å². The number of carbonyl (C=O) groups is 1. The molecular weight excluding hydrogens is 222 g/mol. The second kappa shape index (κ2) is 11.3. The average Bonchev–Trinajstić information content (AvgIpc) is 2.28. The number of rotatable bonds is 10.